The highest BCUT2D eigenvalue weighted by Gasteiger charge is 2.15. The van der Waals surface area contributed by atoms with Gasteiger partial charge in [0.1, 0.15) is 0 Å². The zero-order valence-electron chi connectivity index (χ0n) is 19.6. The molecule has 1 aromatic heterocycles. The summed E-state index contributed by atoms with van der Waals surface area (Å²) in [5.41, 5.74) is 5.57. The van der Waals surface area contributed by atoms with E-state index in [0.717, 1.165) is 65.4 Å². The molecule has 0 atom stereocenters. The molecule has 1 aliphatic heterocycles. The van der Waals surface area contributed by atoms with Gasteiger partial charge in [-0.15, -0.1) is 0 Å². The number of allylic oxidation sites excluding steroid dienone is 1. The highest BCUT2D eigenvalue weighted by atomic mass is 16.5. The Labute approximate surface area is 204 Å². The zero-order chi connectivity index (χ0) is 24.0. The molecule has 4 aromatic rings. The topological polar surface area (TPSA) is 79.4 Å². The number of fused-ring (bicyclic) bond motifs is 1. The first-order valence-corrected chi connectivity index (χ1v) is 11.7. The molecule has 0 spiro atoms. The molecule has 5 rings (SSSR count). The van der Waals surface area contributed by atoms with Crippen molar-refractivity contribution in [2.45, 2.75) is 6.92 Å². The molecule has 7 nitrogen and oxygen atoms in total. The maximum Gasteiger partial charge on any atom is 0.248 e. The Morgan fingerprint density at radius 3 is 2.71 bits per heavy atom. The number of anilines is 4. The summed E-state index contributed by atoms with van der Waals surface area (Å²) in [4.78, 5) is 23.8. The maximum absolute atomic E-state index is 12.0. The normalized spacial score (nSPS) is 13.8. The number of nitrogens with zero attached hydrogens (tertiary/aromatic N) is 3. The lowest BCUT2D eigenvalue weighted by molar-refractivity contribution is -0.111. The standard InChI is InChI=1S/C28H27N5O2/c1-2-7-26(34)30-22-10-5-8-20(18-22)23-11-6-9-21-19-29-28(32-27(21)23)31-24-12-3-4-13-25(24)33-14-16-35-17-15-33/h2-13,18-19H,14-17H2,1H3,(H,30,34)(H,29,31,32)/b7-2-. The number of nitrogens with one attached hydrogen (secondary N) is 2. The molecule has 1 fully saturated rings. The first kappa shape index (κ1) is 22.6. The molecule has 0 saturated carbocycles. The Balaban J connectivity index is 1.48. The molecule has 1 amide bonds. The summed E-state index contributed by atoms with van der Waals surface area (Å²) in [6.45, 7) is 4.96. The first-order valence-electron chi connectivity index (χ1n) is 11.7. The minimum absolute atomic E-state index is 0.157. The molecule has 0 unspecified atom stereocenters. The van der Waals surface area contributed by atoms with Crippen molar-refractivity contribution in [3.63, 3.8) is 0 Å². The molecule has 2 heterocycles. The number of hydrogen-bond donors (Lipinski definition) is 2. The lowest BCUT2D eigenvalue weighted by Gasteiger charge is -2.30. The van der Waals surface area contributed by atoms with Crippen molar-refractivity contribution >= 4 is 39.8 Å². The van der Waals surface area contributed by atoms with Crippen LogP contribution in [0.15, 0.2) is 85.1 Å². The van der Waals surface area contributed by atoms with Gasteiger partial charge in [0.25, 0.3) is 0 Å². The van der Waals surface area contributed by atoms with Crippen molar-refractivity contribution in [2.75, 3.05) is 41.8 Å². The van der Waals surface area contributed by atoms with Crippen LogP contribution in [-0.4, -0.2) is 42.2 Å². The predicted molar refractivity (Wildman–Crippen MR) is 141 cm³/mol. The average Bonchev–Trinajstić information content (AvgIpc) is 2.89. The summed E-state index contributed by atoms with van der Waals surface area (Å²) < 4.78 is 5.51. The summed E-state index contributed by atoms with van der Waals surface area (Å²) in [7, 11) is 0. The zero-order valence-corrected chi connectivity index (χ0v) is 19.6. The summed E-state index contributed by atoms with van der Waals surface area (Å²) in [5, 5.41) is 7.26. The highest BCUT2D eigenvalue weighted by Crippen LogP contribution is 2.32. The van der Waals surface area contributed by atoms with Gasteiger partial charge in [-0.2, -0.15) is 0 Å². The Morgan fingerprint density at radius 1 is 1.03 bits per heavy atom. The van der Waals surface area contributed by atoms with Crippen molar-refractivity contribution in [3.05, 3.63) is 85.1 Å². The highest BCUT2D eigenvalue weighted by molar-refractivity contribution is 6.00. The second kappa shape index (κ2) is 10.4. The third kappa shape index (κ3) is 5.15. The Bertz CT molecular complexity index is 1380. The van der Waals surface area contributed by atoms with Gasteiger partial charge in [0.05, 0.1) is 30.1 Å². The van der Waals surface area contributed by atoms with Crippen molar-refractivity contribution in [2.24, 2.45) is 0 Å². The van der Waals surface area contributed by atoms with Gasteiger partial charge in [-0.05, 0) is 42.8 Å². The number of rotatable bonds is 6. The minimum Gasteiger partial charge on any atom is -0.378 e. The van der Waals surface area contributed by atoms with Crippen LogP contribution in [0.1, 0.15) is 6.92 Å². The van der Waals surface area contributed by atoms with Gasteiger partial charge in [0, 0.05) is 35.9 Å². The molecular weight excluding hydrogens is 438 g/mol. The van der Waals surface area contributed by atoms with E-state index in [2.05, 4.69) is 26.6 Å². The SMILES string of the molecule is C/C=C\C(=O)Nc1cccc(-c2cccc3cnc(Nc4ccccc4N4CCOCC4)nc23)c1. The Hall–Kier alpha value is -4.23. The summed E-state index contributed by atoms with van der Waals surface area (Å²) >= 11 is 0. The third-order valence-corrected chi connectivity index (χ3v) is 5.87. The van der Waals surface area contributed by atoms with Gasteiger partial charge in [0.15, 0.2) is 0 Å². The van der Waals surface area contributed by atoms with Crippen LogP contribution in [0.4, 0.5) is 23.0 Å². The molecule has 35 heavy (non-hydrogen) atoms. The van der Waals surface area contributed by atoms with Crippen molar-refractivity contribution in [1.82, 2.24) is 9.97 Å². The second-order valence-corrected chi connectivity index (χ2v) is 8.25. The largest absolute Gasteiger partial charge is 0.378 e. The van der Waals surface area contributed by atoms with Gasteiger partial charge in [-0.1, -0.05) is 48.5 Å². The van der Waals surface area contributed by atoms with Crippen molar-refractivity contribution in [1.29, 1.82) is 0 Å². The van der Waals surface area contributed by atoms with E-state index in [1.807, 2.05) is 73.8 Å². The van der Waals surface area contributed by atoms with E-state index in [4.69, 9.17) is 9.72 Å². The van der Waals surface area contributed by atoms with E-state index in [-0.39, 0.29) is 5.91 Å². The van der Waals surface area contributed by atoms with Crippen LogP contribution in [0.3, 0.4) is 0 Å². The summed E-state index contributed by atoms with van der Waals surface area (Å²) in [6, 6.07) is 22.0. The van der Waals surface area contributed by atoms with E-state index in [1.165, 1.54) is 6.08 Å². The monoisotopic (exact) mass is 465 g/mol. The fraction of sp³-hybridized carbons (Fsp3) is 0.179. The molecule has 0 bridgehead atoms. The molecule has 0 aliphatic carbocycles. The number of para-hydroxylation sites is 3. The molecule has 2 N–H and O–H groups in total. The number of carbonyl (C=O) groups excluding carboxylic acids is 1. The number of morpholine rings is 1. The van der Waals surface area contributed by atoms with Crippen LogP contribution in [0.25, 0.3) is 22.0 Å². The number of hydrogen-bond acceptors (Lipinski definition) is 6. The number of benzene rings is 3. The minimum atomic E-state index is -0.157. The lowest BCUT2D eigenvalue weighted by atomic mass is 10.0. The van der Waals surface area contributed by atoms with Crippen molar-refractivity contribution in [3.8, 4) is 11.1 Å². The maximum atomic E-state index is 12.0. The van der Waals surface area contributed by atoms with Crippen LogP contribution in [-0.2, 0) is 9.53 Å². The molecule has 1 aliphatic rings. The van der Waals surface area contributed by atoms with Crippen LogP contribution >= 0.6 is 0 Å². The Kier molecular flexibility index (Phi) is 6.68. The average molecular weight is 466 g/mol. The molecule has 176 valence electrons. The molecular formula is C28H27N5O2. The molecule has 1 saturated heterocycles. The fourth-order valence-electron chi connectivity index (χ4n) is 4.23. The lowest BCUT2D eigenvalue weighted by Crippen LogP contribution is -2.36. The van der Waals surface area contributed by atoms with Gasteiger partial charge in [-0.3, -0.25) is 4.79 Å². The predicted octanol–water partition coefficient (Wildman–Crippen LogP) is 5.39. The number of amides is 1. The van der Waals surface area contributed by atoms with E-state index in [9.17, 15) is 4.79 Å². The third-order valence-electron chi connectivity index (χ3n) is 5.87. The quantitative estimate of drug-likeness (QED) is 0.372. The summed E-state index contributed by atoms with van der Waals surface area (Å²) in [6.07, 6.45) is 5.06. The van der Waals surface area contributed by atoms with Crippen LogP contribution in [0.5, 0.6) is 0 Å². The molecule has 0 radical (unpaired) electrons. The number of carbonyl (C=O) groups is 1. The van der Waals surface area contributed by atoms with Gasteiger partial charge >= 0.3 is 0 Å². The second-order valence-electron chi connectivity index (χ2n) is 8.25. The van der Waals surface area contributed by atoms with Crippen LogP contribution < -0.4 is 15.5 Å². The van der Waals surface area contributed by atoms with Gasteiger partial charge in [-0.25, -0.2) is 9.97 Å². The van der Waals surface area contributed by atoms with E-state index >= 15 is 0 Å². The number of aromatic nitrogens is 2. The van der Waals surface area contributed by atoms with Gasteiger partial charge < -0.3 is 20.3 Å². The smallest absolute Gasteiger partial charge is 0.248 e. The van der Waals surface area contributed by atoms with Crippen LogP contribution in [0.2, 0.25) is 0 Å². The van der Waals surface area contributed by atoms with Crippen molar-refractivity contribution < 1.29 is 9.53 Å². The number of ether oxygens (including phenoxy) is 1. The summed E-state index contributed by atoms with van der Waals surface area (Å²) in [5.74, 6) is 0.374. The van der Waals surface area contributed by atoms with E-state index in [1.54, 1.807) is 6.08 Å². The van der Waals surface area contributed by atoms with E-state index < -0.39 is 0 Å². The molecule has 7 heteroatoms. The van der Waals surface area contributed by atoms with Gasteiger partial charge in [0.2, 0.25) is 11.9 Å². The Morgan fingerprint density at radius 2 is 1.86 bits per heavy atom. The first-order chi connectivity index (χ1) is 17.2. The van der Waals surface area contributed by atoms with E-state index in [0.29, 0.717) is 5.95 Å². The fourth-order valence-corrected chi connectivity index (χ4v) is 4.23. The van der Waals surface area contributed by atoms with Crippen LogP contribution in [0, 0.1) is 0 Å². The molecule has 3 aromatic carbocycles.